The lowest BCUT2D eigenvalue weighted by atomic mass is 10.1. The van der Waals surface area contributed by atoms with Crippen LogP contribution in [-0.4, -0.2) is 64.4 Å². The van der Waals surface area contributed by atoms with Crippen molar-refractivity contribution in [1.82, 2.24) is 0 Å². The highest BCUT2D eigenvalue weighted by Gasteiger charge is 2.34. The van der Waals surface area contributed by atoms with Gasteiger partial charge in [-0.15, -0.1) is 0 Å². The second-order valence-corrected chi connectivity index (χ2v) is 12.6. The van der Waals surface area contributed by atoms with Crippen molar-refractivity contribution >= 4 is 7.60 Å². The third kappa shape index (κ3) is 19.5. The molecule has 0 aromatic carbocycles. The highest BCUT2D eigenvalue weighted by Crippen LogP contribution is 2.47. The largest absolute Gasteiger partial charge is 0.774 e. The van der Waals surface area contributed by atoms with E-state index in [0.717, 1.165) is 6.42 Å². The van der Waals surface area contributed by atoms with E-state index < -0.39 is 13.4 Å². The smallest absolute Gasteiger partial charge is 0.193 e. The van der Waals surface area contributed by atoms with Crippen LogP contribution in [0.1, 0.15) is 110 Å². The minimum absolute atomic E-state index is 0.00191. The summed E-state index contributed by atoms with van der Waals surface area (Å²) >= 11 is 0. The lowest BCUT2D eigenvalue weighted by Crippen LogP contribution is -2.47. The van der Waals surface area contributed by atoms with Crippen molar-refractivity contribution in [3.05, 3.63) is 12.2 Å². The van der Waals surface area contributed by atoms with Gasteiger partial charge in [-0.25, -0.2) is 0 Å². The number of ether oxygens (including phenoxy) is 2. The third-order valence-corrected chi connectivity index (χ3v) is 8.80. The predicted octanol–water partition coefficient (Wildman–Crippen LogP) is 7.07. The van der Waals surface area contributed by atoms with Gasteiger partial charge in [0.15, 0.2) is 13.4 Å². The van der Waals surface area contributed by atoms with Crippen LogP contribution in [0.25, 0.3) is 0 Å². The summed E-state index contributed by atoms with van der Waals surface area (Å²) in [5.41, 5.74) is 0. The van der Waals surface area contributed by atoms with Crippen molar-refractivity contribution < 1.29 is 27.9 Å². The van der Waals surface area contributed by atoms with Gasteiger partial charge in [0.2, 0.25) is 0 Å². The number of allylic oxidation sites excluding steroid dienone is 2. The van der Waals surface area contributed by atoms with Gasteiger partial charge in [0.25, 0.3) is 0 Å². The summed E-state index contributed by atoms with van der Waals surface area (Å²) in [7, 11) is 3.19. The first-order valence-electron chi connectivity index (χ1n) is 14.2. The third-order valence-electron chi connectivity index (χ3n) is 6.50. The summed E-state index contributed by atoms with van der Waals surface area (Å²) in [4.78, 5) is 12.6. The normalized spacial score (nSPS) is 16.0. The minimum atomic E-state index is -3.99. The van der Waals surface area contributed by atoms with E-state index in [1.165, 1.54) is 83.5 Å². The minimum Gasteiger partial charge on any atom is -0.774 e. The zero-order valence-electron chi connectivity index (χ0n) is 24.0. The van der Waals surface area contributed by atoms with E-state index in [0.29, 0.717) is 24.1 Å². The first-order chi connectivity index (χ1) is 16.7. The SMILES string of the molecule is CCCCCCC/C=C\CCCCCCCCCOC[C@H](COP(=O)([O-])C(CC)[N+](C)(C)C)OC. The van der Waals surface area contributed by atoms with Gasteiger partial charge in [0.05, 0.1) is 34.4 Å². The Morgan fingerprint density at radius 2 is 1.31 bits per heavy atom. The predicted molar refractivity (Wildman–Crippen MR) is 147 cm³/mol. The molecule has 0 aromatic rings. The van der Waals surface area contributed by atoms with Crippen LogP contribution < -0.4 is 4.89 Å². The summed E-state index contributed by atoms with van der Waals surface area (Å²) < 4.78 is 29.3. The molecule has 35 heavy (non-hydrogen) atoms. The van der Waals surface area contributed by atoms with Crippen LogP contribution in [0.4, 0.5) is 0 Å². The quantitative estimate of drug-likeness (QED) is 0.0558. The number of nitrogens with zero attached hydrogens (tertiary/aromatic N) is 1. The Labute approximate surface area is 217 Å². The van der Waals surface area contributed by atoms with E-state index in [9.17, 15) is 9.46 Å². The highest BCUT2D eigenvalue weighted by molar-refractivity contribution is 7.51. The average Bonchev–Trinajstić information content (AvgIpc) is 2.79. The molecule has 0 aromatic heterocycles. The fourth-order valence-corrected chi connectivity index (χ4v) is 6.16. The molecule has 6 nitrogen and oxygen atoms in total. The average molecular weight is 520 g/mol. The van der Waals surface area contributed by atoms with Crippen LogP contribution in [0.3, 0.4) is 0 Å². The van der Waals surface area contributed by atoms with Crippen molar-refractivity contribution in [2.75, 3.05) is 48.1 Å². The van der Waals surface area contributed by atoms with Gasteiger partial charge in [-0.1, -0.05) is 83.8 Å². The number of unbranched alkanes of at least 4 members (excludes halogenated alkanes) is 12. The Morgan fingerprint density at radius 1 is 0.800 bits per heavy atom. The lowest BCUT2D eigenvalue weighted by Gasteiger charge is -2.41. The molecular formula is C28H58NO5P. The fraction of sp³-hybridized carbons (Fsp3) is 0.929. The van der Waals surface area contributed by atoms with Gasteiger partial charge in [-0.2, -0.15) is 0 Å². The molecule has 0 radical (unpaired) electrons. The van der Waals surface area contributed by atoms with E-state index >= 15 is 0 Å². The number of rotatable bonds is 25. The van der Waals surface area contributed by atoms with E-state index in [4.69, 9.17) is 14.0 Å². The molecule has 0 bridgehead atoms. The molecule has 0 saturated carbocycles. The first kappa shape index (κ1) is 34.8. The van der Waals surface area contributed by atoms with Gasteiger partial charge < -0.3 is 27.9 Å². The van der Waals surface area contributed by atoms with E-state index in [1.807, 2.05) is 28.1 Å². The van der Waals surface area contributed by atoms with Crippen molar-refractivity contribution in [1.29, 1.82) is 0 Å². The molecule has 0 rings (SSSR count). The first-order valence-corrected chi connectivity index (χ1v) is 15.8. The van der Waals surface area contributed by atoms with E-state index in [2.05, 4.69) is 19.1 Å². The molecule has 0 fully saturated rings. The molecule has 2 unspecified atom stereocenters. The second-order valence-electron chi connectivity index (χ2n) is 10.7. The van der Waals surface area contributed by atoms with Crippen LogP contribution in [-0.2, 0) is 18.6 Å². The summed E-state index contributed by atoms with van der Waals surface area (Å²) in [6.45, 7) is 5.16. The van der Waals surface area contributed by atoms with Crippen molar-refractivity contribution in [3.63, 3.8) is 0 Å². The topological polar surface area (TPSA) is 67.8 Å². The van der Waals surface area contributed by atoms with Crippen LogP contribution >= 0.6 is 7.60 Å². The summed E-state index contributed by atoms with van der Waals surface area (Å²) in [5.74, 6) is -0.567. The zero-order valence-corrected chi connectivity index (χ0v) is 24.9. The number of hydrogen-bond donors (Lipinski definition) is 0. The van der Waals surface area contributed by atoms with Gasteiger partial charge >= 0.3 is 0 Å². The Bertz CT molecular complexity index is 550. The Balaban J connectivity index is 3.68. The number of hydrogen-bond acceptors (Lipinski definition) is 5. The van der Waals surface area contributed by atoms with Crippen LogP contribution in [0.15, 0.2) is 12.2 Å². The molecule has 0 N–H and O–H groups in total. The summed E-state index contributed by atoms with van der Waals surface area (Å²) in [6.07, 6.45) is 22.8. The van der Waals surface area contributed by atoms with Crippen LogP contribution in [0.2, 0.25) is 0 Å². The molecule has 7 heteroatoms. The standard InChI is InChI=1S/C28H58NO5P/c1-7-9-10-11-12-13-14-15-16-17-18-19-20-21-22-23-24-33-25-27(32-6)26-34-35(30,31)28(8-2)29(3,4)5/h14-15,27-28H,7-13,16-26H2,1-6H3/b15-14-/t27-,28?/m1/s1. The molecule has 3 atom stereocenters. The summed E-state index contributed by atoms with van der Waals surface area (Å²) in [6, 6.07) is 0. The van der Waals surface area contributed by atoms with Crippen molar-refractivity contribution in [2.24, 2.45) is 0 Å². The lowest BCUT2D eigenvalue weighted by molar-refractivity contribution is -0.884. The molecule has 0 heterocycles. The van der Waals surface area contributed by atoms with Crippen molar-refractivity contribution in [3.8, 4) is 0 Å². The van der Waals surface area contributed by atoms with Crippen LogP contribution in [0.5, 0.6) is 0 Å². The molecule has 0 amide bonds. The maximum Gasteiger partial charge on any atom is 0.193 e. The molecule has 0 saturated heterocycles. The molecule has 0 aliphatic heterocycles. The monoisotopic (exact) mass is 519 g/mol. The van der Waals surface area contributed by atoms with Gasteiger partial charge in [-0.05, 0) is 32.1 Å². The molecule has 0 spiro atoms. The molecular weight excluding hydrogens is 461 g/mol. The Kier molecular flexibility index (Phi) is 21.7. The molecule has 0 aliphatic carbocycles. The Hall–Kier alpha value is -0.230. The molecule has 0 aliphatic rings. The summed E-state index contributed by atoms with van der Waals surface area (Å²) in [5, 5.41) is 0. The highest BCUT2D eigenvalue weighted by atomic mass is 31.2. The van der Waals surface area contributed by atoms with Crippen molar-refractivity contribution in [2.45, 2.75) is 122 Å². The number of methoxy groups -OCH3 is 1. The second kappa shape index (κ2) is 21.8. The number of quaternary nitrogens is 1. The van der Waals surface area contributed by atoms with Gasteiger partial charge in [0.1, 0.15) is 6.10 Å². The van der Waals surface area contributed by atoms with Crippen LogP contribution in [0, 0.1) is 0 Å². The molecule has 210 valence electrons. The maximum absolute atomic E-state index is 12.6. The van der Waals surface area contributed by atoms with E-state index in [-0.39, 0.29) is 12.7 Å². The van der Waals surface area contributed by atoms with Gasteiger partial charge in [0, 0.05) is 20.1 Å². The van der Waals surface area contributed by atoms with E-state index in [1.54, 1.807) is 7.11 Å². The maximum atomic E-state index is 12.6. The zero-order chi connectivity index (χ0) is 26.4. The Morgan fingerprint density at radius 3 is 1.80 bits per heavy atom. The fourth-order valence-electron chi connectivity index (χ4n) is 4.32. The van der Waals surface area contributed by atoms with Gasteiger partial charge in [-0.3, -0.25) is 0 Å².